The average molecular weight is 275 g/mol. The van der Waals surface area contributed by atoms with Gasteiger partial charge in [-0.1, -0.05) is 23.8 Å². The quantitative estimate of drug-likeness (QED) is 0.825. The third kappa shape index (κ3) is 3.11. The molecule has 3 N–H and O–H groups in total. The maximum Gasteiger partial charge on any atom is 0.338 e. The van der Waals surface area contributed by atoms with Crippen molar-refractivity contribution in [2.45, 2.75) is 6.92 Å². The van der Waals surface area contributed by atoms with Crippen LogP contribution in [0.3, 0.4) is 0 Å². The zero-order chi connectivity index (χ0) is 13.8. The number of carbonyl (C=O) groups excluding carboxylic acids is 2. The van der Waals surface area contributed by atoms with Crippen LogP contribution in [-0.2, 0) is 0 Å². The smallest absolute Gasteiger partial charge is 0.338 e. The Morgan fingerprint density at radius 2 is 1.89 bits per heavy atom. The van der Waals surface area contributed by atoms with Gasteiger partial charge in [0.05, 0.1) is 10.6 Å². The van der Waals surface area contributed by atoms with Crippen LogP contribution < -0.4 is 16.2 Å². The molecule has 2 rings (SSSR count). The van der Waals surface area contributed by atoms with Gasteiger partial charge >= 0.3 is 6.03 Å². The Morgan fingerprint density at radius 1 is 1.21 bits per heavy atom. The first kappa shape index (κ1) is 13.1. The molecule has 98 valence electrons. The molecule has 0 spiro atoms. The van der Waals surface area contributed by atoms with Gasteiger partial charge in [0.2, 0.25) is 0 Å². The van der Waals surface area contributed by atoms with Crippen molar-refractivity contribution >= 4 is 29.0 Å². The van der Waals surface area contributed by atoms with Crippen molar-refractivity contribution in [2.75, 3.05) is 5.01 Å². The maximum absolute atomic E-state index is 11.9. The lowest BCUT2D eigenvalue weighted by atomic mass is 10.2. The molecule has 6 heteroatoms. The molecule has 0 saturated carbocycles. The van der Waals surface area contributed by atoms with Crippen molar-refractivity contribution in [2.24, 2.45) is 5.73 Å². The molecular formula is C13H13N3O2S. The standard InChI is InChI=1S/C13H13N3O2S/c1-9-4-6-10(7-5-9)16(13(14)18)15-12(17)11-3-2-8-19-11/h2-8H,1H3,(H2,14,18)(H,15,17). The van der Waals surface area contributed by atoms with Crippen LogP contribution >= 0.6 is 11.3 Å². The minimum absolute atomic E-state index is 0.366. The predicted molar refractivity (Wildman–Crippen MR) is 75.0 cm³/mol. The van der Waals surface area contributed by atoms with E-state index in [-0.39, 0.29) is 5.91 Å². The van der Waals surface area contributed by atoms with E-state index in [9.17, 15) is 9.59 Å². The van der Waals surface area contributed by atoms with Crippen molar-refractivity contribution in [3.8, 4) is 0 Å². The number of anilines is 1. The molecule has 0 saturated heterocycles. The summed E-state index contributed by atoms with van der Waals surface area (Å²) in [6, 6.07) is 9.80. The van der Waals surface area contributed by atoms with Crippen molar-refractivity contribution in [1.29, 1.82) is 0 Å². The Hall–Kier alpha value is -2.34. The summed E-state index contributed by atoms with van der Waals surface area (Å²) in [7, 11) is 0. The zero-order valence-corrected chi connectivity index (χ0v) is 11.1. The fourth-order valence-electron chi connectivity index (χ4n) is 1.51. The van der Waals surface area contributed by atoms with E-state index < -0.39 is 6.03 Å². The SMILES string of the molecule is Cc1ccc(N(NC(=O)c2cccs2)C(N)=O)cc1. The van der Waals surface area contributed by atoms with Crippen LogP contribution in [0.1, 0.15) is 15.2 Å². The number of aryl methyl sites for hydroxylation is 1. The van der Waals surface area contributed by atoms with E-state index in [0.717, 1.165) is 10.6 Å². The highest BCUT2D eigenvalue weighted by Crippen LogP contribution is 2.14. The summed E-state index contributed by atoms with van der Waals surface area (Å²) in [6.07, 6.45) is 0. The first-order chi connectivity index (χ1) is 9.08. The van der Waals surface area contributed by atoms with E-state index >= 15 is 0 Å². The van der Waals surface area contributed by atoms with Gasteiger partial charge < -0.3 is 5.73 Å². The first-order valence-corrected chi connectivity index (χ1v) is 6.46. The van der Waals surface area contributed by atoms with Crippen LogP contribution in [0.25, 0.3) is 0 Å². The minimum Gasteiger partial charge on any atom is -0.350 e. The maximum atomic E-state index is 11.9. The number of thiophene rings is 1. The number of amides is 3. The Kier molecular flexibility index (Phi) is 3.82. The van der Waals surface area contributed by atoms with Crippen LogP contribution in [0.15, 0.2) is 41.8 Å². The van der Waals surface area contributed by atoms with Crippen LogP contribution in [0.2, 0.25) is 0 Å². The highest BCUT2D eigenvalue weighted by atomic mass is 32.1. The van der Waals surface area contributed by atoms with E-state index in [2.05, 4.69) is 5.43 Å². The molecule has 0 radical (unpaired) electrons. The number of urea groups is 1. The number of primary amides is 1. The van der Waals surface area contributed by atoms with E-state index in [1.807, 2.05) is 19.1 Å². The molecule has 0 fully saturated rings. The number of carbonyl (C=O) groups is 2. The number of rotatable bonds is 2. The Labute approximate surface area is 114 Å². The molecule has 3 amide bonds. The summed E-state index contributed by atoms with van der Waals surface area (Å²) in [5.41, 5.74) is 9.34. The molecule has 1 aromatic carbocycles. The number of nitrogens with two attached hydrogens (primary N) is 1. The molecule has 0 aliphatic carbocycles. The topological polar surface area (TPSA) is 75.4 Å². The van der Waals surface area contributed by atoms with Crippen LogP contribution in [-0.4, -0.2) is 11.9 Å². The summed E-state index contributed by atoms with van der Waals surface area (Å²) >= 11 is 1.29. The van der Waals surface area contributed by atoms with Crippen LogP contribution in [0.4, 0.5) is 10.5 Å². The number of nitrogens with one attached hydrogen (secondary N) is 1. The van der Waals surface area contributed by atoms with Gasteiger partial charge in [-0.25, -0.2) is 9.80 Å². The number of hydrogen-bond donors (Lipinski definition) is 2. The van der Waals surface area contributed by atoms with Gasteiger partial charge in [0.25, 0.3) is 5.91 Å². The summed E-state index contributed by atoms with van der Waals surface area (Å²) in [5.74, 6) is -0.366. The normalized spacial score (nSPS) is 9.95. The molecule has 0 atom stereocenters. The number of nitrogens with zero attached hydrogens (tertiary/aromatic N) is 1. The van der Waals surface area contributed by atoms with Crippen molar-refractivity contribution in [3.63, 3.8) is 0 Å². The number of hydrogen-bond acceptors (Lipinski definition) is 3. The second kappa shape index (κ2) is 5.53. The molecule has 19 heavy (non-hydrogen) atoms. The molecule has 0 aliphatic heterocycles. The van der Waals surface area contributed by atoms with Gasteiger partial charge in [-0.3, -0.25) is 10.2 Å². The van der Waals surface area contributed by atoms with Gasteiger partial charge in [0.15, 0.2) is 0 Å². The largest absolute Gasteiger partial charge is 0.350 e. The fraction of sp³-hybridized carbons (Fsp3) is 0.0769. The lowest BCUT2D eigenvalue weighted by Gasteiger charge is -2.20. The van der Waals surface area contributed by atoms with Gasteiger partial charge in [-0.05, 0) is 30.5 Å². The molecular weight excluding hydrogens is 262 g/mol. The van der Waals surface area contributed by atoms with Crippen molar-refractivity contribution in [1.82, 2.24) is 5.43 Å². The lowest BCUT2D eigenvalue weighted by Crippen LogP contribution is -2.49. The second-order valence-electron chi connectivity index (χ2n) is 3.93. The highest BCUT2D eigenvalue weighted by molar-refractivity contribution is 7.12. The molecule has 0 unspecified atom stereocenters. The second-order valence-corrected chi connectivity index (χ2v) is 4.88. The fourth-order valence-corrected chi connectivity index (χ4v) is 2.12. The molecule has 0 aliphatic rings. The van der Waals surface area contributed by atoms with Gasteiger partial charge in [0.1, 0.15) is 0 Å². The lowest BCUT2D eigenvalue weighted by molar-refractivity contribution is 0.0955. The highest BCUT2D eigenvalue weighted by Gasteiger charge is 2.16. The summed E-state index contributed by atoms with van der Waals surface area (Å²) in [5, 5.41) is 2.82. The Morgan fingerprint density at radius 3 is 2.42 bits per heavy atom. The Balaban J connectivity index is 2.19. The summed E-state index contributed by atoms with van der Waals surface area (Å²) in [6.45, 7) is 1.93. The van der Waals surface area contributed by atoms with Crippen molar-refractivity contribution in [3.05, 3.63) is 52.2 Å². The third-order valence-corrected chi connectivity index (χ3v) is 3.34. The van der Waals surface area contributed by atoms with E-state index in [1.54, 1.807) is 29.6 Å². The van der Waals surface area contributed by atoms with E-state index in [1.165, 1.54) is 11.3 Å². The predicted octanol–water partition coefficient (Wildman–Crippen LogP) is 2.29. The average Bonchev–Trinajstić information content (AvgIpc) is 2.90. The van der Waals surface area contributed by atoms with Crippen LogP contribution in [0, 0.1) is 6.92 Å². The molecule has 2 aromatic rings. The van der Waals surface area contributed by atoms with Crippen molar-refractivity contribution < 1.29 is 9.59 Å². The van der Waals surface area contributed by atoms with Gasteiger partial charge in [-0.15, -0.1) is 11.3 Å². The zero-order valence-electron chi connectivity index (χ0n) is 10.3. The van der Waals surface area contributed by atoms with Gasteiger partial charge in [0, 0.05) is 0 Å². The van der Waals surface area contributed by atoms with Crippen LogP contribution in [0.5, 0.6) is 0 Å². The number of benzene rings is 1. The molecule has 5 nitrogen and oxygen atoms in total. The molecule has 1 aromatic heterocycles. The van der Waals surface area contributed by atoms with Gasteiger partial charge in [-0.2, -0.15) is 0 Å². The minimum atomic E-state index is -0.742. The summed E-state index contributed by atoms with van der Waals surface area (Å²) in [4.78, 5) is 23.8. The van der Waals surface area contributed by atoms with E-state index in [0.29, 0.717) is 10.6 Å². The van der Waals surface area contributed by atoms with E-state index in [4.69, 9.17) is 5.73 Å². The molecule has 1 heterocycles. The summed E-state index contributed by atoms with van der Waals surface area (Å²) < 4.78 is 0. The first-order valence-electron chi connectivity index (χ1n) is 5.58. The molecule has 0 bridgehead atoms. The monoisotopic (exact) mass is 275 g/mol. The Bertz CT molecular complexity index is 578. The number of hydrazine groups is 1. The third-order valence-electron chi connectivity index (χ3n) is 2.47.